The first-order valence-electron chi connectivity index (χ1n) is 8.02. The zero-order valence-corrected chi connectivity index (χ0v) is 16.0. The summed E-state index contributed by atoms with van der Waals surface area (Å²) in [6.45, 7) is 3.68. The van der Waals surface area contributed by atoms with Gasteiger partial charge in [-0.15, -0.1) is 11.3 Å². The van der Waals surface area contributed by atoms with Crippen molar-refractivity contribution in [3.63, 3.8) is 0 Å². The highest BCUT2D eigenvalue weighted by atomic mass is 32.1. The molecule has 0 atom stereocenters. The number of ketones is 1. The predicted octanol–water partition coefficient (Wildman–Crippen LogP) is 3.76. The lowest BCUT2D eigenvalue weighted by Gasteiger charge is -2.06. The Morgan fingerprint density at radius 1 is 1.04 bits per heavy atom. The fourth-order valence-electron chi connectivity index (χ4n) is 2.40. The van der Waals surface area contributed by atoms with Gasteiger partial charge in [0.1, 0.15) is 10.8 Å². The summed E-state index contributed by atoms with van der Waals surface area (Å²) in [5.74, 6) is -0.276. The van der Waals surface area contributed by atoms with E-state index in [0.717, 1.165) is 10.4 Å². The maximum atomic E-state index is 12.2. The average molecular weight is 375 g/mol. The van der Waals surface area contributed by atoms with Crippen LogP contribution in [-0.2, 0) is 9.53 Å². The number of rotatable bonds is 7. The number of anilines is 1. The number of Topliss-reactive ketones (excluding diaryl/α,β-unsaturated/α-hetero) is 1. The summed E-state index contributed by atoms with van der Waals surface area (Å²) < 4.78 is 9.83. The molecule has 1 aromatic heterocycles. The molecule has 2 rings (SSSR count). The molecule has 0 bridgehead atoms. The zero-order valence-electron chi connectivity index (χ0n) is 15.2. The van der Waals surface area contributed by atoms with Crippen LogP contribution in [-0.4, -0.2) is 31.9 Å². The van der Waals surface area contributed by atoms with E-state index in [-0.39, 0.29) is 24.5 Å². The molecule has 0 spiro atoms. The van der Waals surface area contributed by atoms with Gasteiger partial charge >= 0.3 is 5.97 Å². The monoisotopic (exact) mass is 375 g/mol. The van der Waals surface area contributed by atoms with Crippen LogP contribution in [0.15, 0.2) is 24.3 Å². The molecule has 1 N–H and O–H groups in total. The van der Waals surface area contributed by atoms with Crippen LogP contribution >= 0.6 is 11.3 Å². The van der Waals surface area contributed by atoms with E-state index in [0.29, 0.717) is 21.9 Å². The molecule has 0 fully saturated rings. The highest BCUT2D eigenvalue weighted by molar-refractivity contribution is 7.16. The van der Waals surface area contributed by atoms with Crippen molar-refractivity contribution in [1.82, 2.24) is 0 Å². The Kier molecular flexibility index (Phi) is 6.52. The maximum absolute atomic E-state index is 12.2. The second kappa shape index (κ2) is 8.62. The lowest BCUT2D eigenvalue weighted by molar-refractivity contribution is -0.116. The van der Waals surface area contributed by atoms with Crippen molar-refractivity contribution in [2.75, 3.05) is 19.5 Å². The number of hydrogen-bond donors (Lipinski definition) is 1. The van der Waals surface area contributed by atoms with Crippen LogP contribution in [0.4, 0.5) is 5.00 Å². The Balaban J connectivity index is 1.99. The minimum Gasteiger partial charge on any atom is -0.497 e. The molecule has 1 heterocycles. The SMILES string of the molecule is COC(=O)c1c(NC(=O)CCC(=O)c2ccc(OC)cc2)sc(C)c1C. The van der Waals surface area contributed by atoms with Crippen LogP contribution in [0.3, 0.4) is 0 Å². The fraction of sp³-hybridized carbons (Fsp3) is 0.316. The van der Waals surface area contributed by atoms with Gasteiger partial charge < -0.3 is 14.8 Å². The molecular weight excluding hydrogens is 354 g/mol. The van der Waals surface area contributed by atoms with Gasteiger partial charge in [-0.2, -0.15) is 0 Å². The van der Waals surface area contributed by atoms with Crippen molar-refractivity contribution in [1.29, 1.82) is 0 Å². The van der Waals surface area contributed by atoms with Gasteiger partial charge in [0.15, 0.2) is 5.78 Å². The second-order valence-corrected chi connectivity index (χ2v) is 6.90. The van der Waals surface area contributed by atoms with Gasteiger partial charge in [-0.3, -0.25) is 9.59 Å². The minimum absolute atomic E-state index is 0.0292. The first-order valence-corrected chi connectivity index (χ1v) is 8.84. The Morgan fingerprint density at radius 3 is 2.27 bits per heavy atom. The van der Waals surface area contributed by atoms with Gasteiger partial charge in [0.2, 0.25) is 5.91 Å². The average Bonchev–Trinajstić information content (AvgIpc) is 2.92. The molecule has 0 aliphatic heterocycles. The van der Waals surface area contributed by atoms with E-state index in [2.05, 4.69) is 5.32 Å². The topological polar surface area (TPSA) is 81.7 Å². The number of nitrogens with one attached hydrogen (secondary N) is 1. The van der Waals surface area contributed by atoms with Crippen LogP contribution < -0.4 is 10.1 Å². The number of carbonyl (C=O) groups excluding carboxylic acids is 3. The molecule has 0 unspecified atom stereocenters. The Morgan fingerprint density at radius 2 is 1.69 bits per heavy atom. The highest BCUT2D eigenvalue weighted by Gasteiger charge is 2.21. The number of benzene rings is 1. The van der Waals surface area contributed by atoms with E-state index in [9.17, 15) is 14.4 Å². The number of thiophene rings is 1. The van der Waals surface area contributed by atoms with Crippen molar-refractivity contribution >= 4 is 34.0 Å². The third-order valence-electron chi connectivity index (χ3n) is 4.02. The van der Waals surface area contributed by atoms with Crippen molar-refractivity contribution in [2.24, 2.45) is 0 Å². The van der Waals surface area contributed by atoms with Crippen molar-refractivity contribution in [3.05, 3.63) is 45.8 Å². The molecule has 7 heteroatoms. The summed E-state index contributed by atoms with van der Waals surface area (Å²) in [5, 5.41) is 3.17. The van der Waals surface area contributed by atoms with Crippen LogP contribution in [0, 0.1) is 13.8 Å². The molecule has 1 aromatic carbocycles. The lowest BCUT2D eigenvalue weighted by Crippen LogP contribution is -2.15. The molecule has 0 saturated heterocycles. The first-order chi connectivity index (χ1) is 12.4. The molecule has 0 radical (unpaired) electrons. The summed E-state index contributed by atoms with van der Waals surface area (Å²) in [5.41, 5.74) is 1.67. The van der Waals surface area contributed by atoms with Crippen molar-refractivity contribution in [3.8, 4) is 5.75 Å². The molecule has 0 saturated carbocycles. The zero-order chi connectivity index (χ0) is 19.3. The molecule has 26 heavy (non-hydrogen) atoms. The van der Waals surface area contributed by atoms with Crippen LogP contribution in [0.1, 0.15) is 44.0 Å². The van der Waals surface area contributed by atoms with Crippen LogP contribution in [0.5, 0.6) is 5.75 Å². The molecule has 2 aromatic rings. The third kappa shape index (κ3) is 4.49. The number of aryl methyl sites for hydroxylation is 1. The normalized spacial score (nSPS) is 10.3. The van der Waals surface area contributed by atoms with Gasteiger partial charge in [0.25, 0.3) is 0 Å². The van der Waals surface area contributed by atoms with Crippen LogP contribution in [0.25, 0.3) is 0 Å². The molecule has 0 aliphatic carbocycles. The molecule has 138 valence electrons. The Bertz CT molecular complexity index is 823. The highest BCUT2D eigenvalue weighted by Crippen LogP contribution is 2.33. The van der Waals surface area contributed by atoms with E-state index in [1.54, 1.807) is 38.3 Å². The van der Waals surface area contributed by atoms with E-state index < -0.39 is 5.97 Å². The smallest absolute Gasteiger partial charge is 0.341 e. The second-order valence-electron chi connectivity index (χ2n) is 5.68. The predicted molar refractivity (Wildman–Crippen MR) is 100 cm³/mol. The summed E-state index contributed by atoms with van der Waals surface area (Å²) >= 11 is 1.32. The standard InChI is InChI=1S/C19H21NO5S/c1-11-12(2)26-18(17(11)19(23)25-4)20-16(22)10-9-15(21)13-5-7-14(24-3)8-6-13/h5-8H,9-10H2,1-4H3,(H,20,22). The van der Waals surface area contributed by atoms with Gasteiger partial charge in [0.05, 0.1) is 19.8 Å². The molecular formula is C19H21NO5S. The summed E-state index contributed by atoms with van der Waals surface area (Å²) in [4.78, 5) is 37.2. The Hall–Kier alpha value is -2.67. The number of ether oxygens (including phenoxy) is 2. The van der Waals surface area contributed by atoms with Crippen molar-refractivity contribution in [2.45, 2.75) is 26.7 Å². The summed E-state index contributed by atoms with van der Waals surface area (Å²) in [6.07, 6.45) is 0.108. The fourth-order valence-corrected chi connectivity index (χ4v) is 3.47. The van der Waals surface area contributed by atoms with Crippen molar-refractivity contribution < 1.29 is 23.9 Å². The lowest BCUT2D eigenvalue weighted by atomic mass is 10.1. The van der Waals surface area contributed by atoms with Gasteiger partial charge in [-0.25, -0.2) is 4.79 Å². The molecule has 0 aliphatic rings. The van der Waals surface area contributed by atoms with E-state index >= 15 is 0 Å². The number of carbonyl (C=O) groups is 3. The van der Waals surface area contributed by atoms with Gasteiger partial charge in [-0.05, 0) is 43.7 Å². The molecule has 6 nitrogen and oxygen atoms in total. The van der Waals surface area contributed by atoms with Gasteiger partial charge in [0, 0.05) is 23.3 Å². The van der Waals surface area contributed by atoms with E-state index in [1.807, 2.05) is 6.92 Å². The Labute approximate surface area is 156 Å². The number of methoxy groups -OCH3 is 2. The minimum atomic E-state index is -0.489. The summed E-state index contributed by atoms with van der Waals surface area (Å²) in [6, 6.07) is 6.74. The van der Waals surface area contributed by atoms with E-state index in [1.165, 1.54) is 18.4 Å². The number of amides is 1. The largest absolute Gasteiger partial charge is 0.497 e. The summed E-state index contributed by atoms with van der Waals surface area (Å²) in [7, 11) is 2.85. The first kappa shape index (κ1) is 19.7. The number of esters is 1. The van der Waals surface area contributed by atoms with Gasteiger partial charge in [-0.1, -0.05) is 0 Å². The quantitative estimate of drug-likeness (QED) is 0.589. The molecule has 1 amide bonds. The maximum Gasteiger partial charge on any atom is 0.341 e. The van der Waals surface area contributed by atoms with E-state index in [4.69, 9.17) is 9.47 Å². The van der Waals surface area contributed by atoms with Crippen LogP contribution in [0.2, 0.25) is 0 Å². The number of hydrogen-bond acceptors (Lipinski definition) is 6. The third-order valence-corrected chi connectivity index (χ3v) is 5.14.